The molecular weight excluding hydrogens is 235 g/mol. The molecule has 0 aromatic heterocycles. The highest BCUT2D eigenvalue weighted by atomic mass is 35.5. The Bertz CT molecular complexity index is 533. The normalized spacial score (nSPS) is 19.3. The van der Waals surface area contributed by atoms with Crippen molar-refractivity contribution >= 4 is 11.6 Å². The van der Waals surface area contributed by atoms with Crippen molar-refractivity contribution in [3.05, 3.63) is 71.0 Å². The topological polar surface area (TPSA) is 0 Å². The number of fused-ring (bicyclic) bond motifs is 1. The van der Waals surface area contributed by atoms with Gasteiger partial charge < -0.3 is 0 Å². The largest absolute Gasteiger partial charge is 0.207 e. The summed E-state index contributed by atoms with van der Waals surface area (Å²) in [6.45, 7) is 0. The lowest BCUT2D eigenvalue weighted by molar-refractivity contribution is 0.584. The molecule has 0 saturated heterocycles. The summed E-state index contributed by atoms with van der Waals surface area (Å²) in [5, 5.41) is -0.0644. The summed E-state index contributed by atoms with van der Waals surface area (Å²) in [6.07, 6.45) is 1.02. The molecule has 2 atom stereocenters. The van der Waals surface area contributed by atoms with Gasteiger partial charge in [0.1, 0.15) is 5.82 Å². The molecule has 0 spiro atoms. The Kier molecular flexibility index (Phi) is 2.64. The second kappa shape index (κ2) is 4.15. The van der Waals surface area contributed by atoms with Crippen LogP contribution in [0.2, 0.25) is 0 Å². The average Bonchev–Trinajstić information content (AvgIpc) is 2.31. The molecule has 86 valence electrons. The zero-order valence-electron chi connectivity index (χ0n) is 9.24. The van der Waals surface area contributed by atoms with Crippen molar-refractivity contribution in [2.45, 2.75) is 17.7 Å². The van der Waals surface area contributed by atoms with Gasteiger partial charge in [-0.3, -0.25) is 0 Å². The molecule has 0 fully saturated rings. The SMILES string of the molecule is Fc1ccc(C(Cl)C2Cc3ccccc32)cc1. The third kappa shape index (κ3) is 1.85. The summed E-state index contributed by atoms with van der Waals surface area (Å²) in [6, 6.07) is 14.8. The number of hydrogen-bond acceptors (Lipinski definition) is 0. The first-order valence-electron chi connectivity index (χ1n) is 5.73. The highest BCUT2D eigenvalue weighted by molar-refractivity contribution is 6.21. The third-order valence-corrected chi connectivity index (χ3v) is 3.99. The van der Waals surface area contributed by atoms with E-state index in [2.05, 4.69) is 18.2 Å². The standard InChI is InChI=1S/C15H12ClF/c16-15(10-5-7-12(17)8-6-10)14-9-11-3-1-2-4-13(11)14/h1-8,14-15H,9H2. The molecule has 2 aromatic rings. The molecule has 0 amide bonds. The van der Waals surface area contributed by atoms with Crippen LogP contribution < -0.4 is 0 Å². The predicted molar refractivity (Wildman–Crippen MR) is 67.9 cm³/mol. The van der Waals surface area contributed by atoms with Crippen LogP contribution in [0.25, 0.3) is 0 Å². The van der Waals surface area contributed by atoms with Crippen molar-refractivity contribution in [2.24, 2.45) is 0 Å². The van der Waals surface area contributed by atoms with Crippen LogP contribution >= 0.6 is 11.6 Å². The van der Waals surface area contributed by atoms with Crippen molar-refractivity contribution in [3.8, 4) is 0 Å². The summed E-state index contributed by atoms with van der Waals surface area (Å²) in [7, 11) is 0. The van der Waals surface area contributed by atoms with Gasteiger partial charge in [0.05, 0.1) is 5.38 Å². The number of rotatable bonds is 2. The summed E-state index contributed by atoms with van der Waals surface area (Å²) < 4.78 is 12.8. The van der Waals surface area contributed by atoms with Crippen LogP contribution in [0.1, 0.15) is 28.0 Å². The van der Waals surface area contributed by atoms with E-state index in [1.54, 1.807) is 12.1 Å². The van der Waals surface area contributed by atoms with Crippen LogP contribution in [0.3, 0.4) is 0 Å². The van der Waals surface area contributed by atoms with Crippen molar-refractivity contribution in [2.75, 3.05) is 0 Å². The summed E-state index contributed by atoms with van der Waals surface area (Å²) in [4.78, 5) is 0. The fraction of sp³-hybridized carbons (Fsp3) is 0.200. The van der Waals surface area contributed by atoms with E-state index in [0.29, 0.717) is 5.92 Å². The molecule has 3 rings (SSSR count). The first-order valence-corrected chi connectivity index (χ1v) is 6.16. The van der Waals surface area contributed by atoms with Crippen molar-refractivity contribution in [1.82, 2.24) is 0 Å². The van der Waals surface area contributed by atoms with Gasteiger partial charge in [0.2, 0.25) is 0 Å². The van der Waals surface area contributed by atoms with Crippen LogP contribution in [0, 0.1) is 5.82 Å². The second-order valence-corrected chi connectivity index (χ2v) is 4.93. The highest BCUT2D eigenvalue weighted by Crippen LogP contribution is 2.46. The van der Waals surface area contributed by atoms with E-state index in [0.717, 1.165) is 12.0 Å². The molecule has 2 aromatic carbocycles. The molecule has 0 heterocycles. The molecule has 1 aliphatic rings. The first-order chi connectivity index (χ1) is 8.25. The molecule has 0 N–H and O–H groups in total. The molecular formula is C15H12ClF. The van der Waals surface area contributed by atoms with E-state index >= 15 is 0 Å². The lowest BCUT2D eigenvalue weighted by atomic mass is 9.74. The van der Waals surface area contributed by atoms with Crippen LogP contribution in [0.5, 0.6) is 0 Å². The lowest BCUT2D eigenvalue weighted by Crippen LogP contribution is -2.20. The number of benzene rings is 2. The molecule has 2 unspecified atom stereocenters. The minimum absolute atomic E-state index is 0.0644. The van der Waals surface area contributed by atoms with Gasteiger partial charge in [-0.1, -0.05) is 36.4 Å². The van der Waals surface area contributed by atoms with Crippen molar-refractivity contribution in [3.63, 3.8) is 0 Å². The third-order valence-electron chi connectivity index (χ3n) is 3.44. The van der Waals surface area contributed by atoms with E-state index in [4.69, 9.17) is 11.6 Å². The predicted octanol–water partition coefficient (Wildman–Crippen LogP) is 4.45. The Hall–Kier alpha value is -1.34. The molecule has 2 heteroatoms. The zero-order valence-corrected chi connectivity index (χ0v) is 9.99. The van der Waals surface area contributed by atoms with E-state index < -0.39 is 0 Å². The first kappa shape index (κ1) is 10.8. The van der Waals surface area contributed by atoms with Gasteiger partial charge in [0.25, 0.3) is 0 Å². The number of hydrogen-bond donors (Lipinski definition) is 0. The molecule has 17 heavy (non-hydrogen) atoms. The molecule has 0 saturated carbocycles. The van der Waals surface area contributed by atoms with Gasteiger partial charge in [0, 0.05) is 5.92 Å². The number of halogens is 2. The Morgan fingerprint density at radius 3 is 2.47 bits per heavy atom. The fourth-order valence-electron chi connectivity index (χ4n) is 2.44. The van der Waals surface area contributed by atoms with E-state index in [1.807, 2.05) is 6.07 Å². The van der Waals surface area contributed by atoms with Crippen molar-refractivity contribution < 1.29 is 4.39 Å². The summed E-state index contributed by atoms with van der Waals surface area (Å²) >= 11 is 6.47. The van der Waals surface area contributed by atoms with Crippen molar-refractivity contribution in [1.29, 1.82) is 0 Å². The monoisotopic (exact) mass is 246 g/mol. The van der Waals surface area contributed by atoms with Crippen LogP contribution in [0.15, 0.2) is 48.5 Å². The van der Waals surface area contributed by atoms with Gasteiger partial charge in [-0.15, -0.1) is 11.6 Å². The Balaban J connectivity index is 1.86. The van der Waals surface area contributed by atoms with E-state index in [-0.39, 0.29) is 11.2 Å². The summed E-state index contributed by atoms with van der Waals surface area (Å²) in [5.74, 6) is 0.143. The van der Waals surface area contributed by atoms with Crippen LogP contribution in [-0.4, -0.2) is 0 Å². The van der Waals surface area contributed by atoms with Gasteiger partial charge in [-0.2, -0.15) is 0 Å². The molecule has 0 nitrogen and oxygen atoms in total. The highest BCUT2D eigenvalue weighted by Gasteiger charge is 2.32. The maximum atomic E-state index is 12.8. The van der Waals surface area contributed by atoms with Crippen LogP contribution in [-0.2, 0) is 6.42 Å². The van der Waals surface area contributed by atoms with Gasteiger partial charge >= 0.3 is 0 Å². The average molecular weight is 247 g/mol. The fourth-order valence-corrected chi connectivity index (χ4v) is 2.81. The maximum Gasteiger partial charge on any atom is 0.123 e. The van der Waals surface area contributed by atoms with Gasteiger partial charge in [-0.25, -0.2) is 4.39 Å². The molecule has 0 radical (unpaired) electrons. The Morgan fingerprint density at radius 2 is 1.76 bits per heavy atom. The second-order valence-electron chi connectivity index (χ2n) is 4.46. The zero-order chi connectivity index (χ0) is 11.8. The van der Waals surface area contributed by atoms with Crippen LogP contribution in [0.4, 0.5) is 4.39 Å². The molecule has 0 bridgehead atoms. The minimum atomic E-state index is -0.216. The smallest absolute Gasteiger partial charge is 0.123 e. The minimum Gasteiger partial charge on any atom is -0.207 e. The number of alkyl halides is 1. The van der Waals surface area contributed by atoms with Gasteiger partial charge in [0.15, 0.2) is 0 Å². The van der Waals surface area contributed by atoms with E-state index in [9.17, 15) is 4.39 Å². The lowest BCUT2D eigenvalue weighted by Gasteiger charge is -2.33. The Morgan fingerprint density at radius 1 is 1.06 bits per heavy atom. The Labute approximate surface area is 105 Å². The van der Waals surface area contributed by atoms with Gasteiger partial charge in [-0.05, 0) is 35.2 Å². The quantitative estimate of drug-likeness (QED) is 0.687. The molecule has 1 aliphatic carbocycles. The summed E-state index contributed by atoms with van der Waals surface area (Å²) in [5.41, 5.74) is 3.70. The molecule has 0 aliphatic heterocycles. The maximum absolute atomic E-state index is 12.8. The van der Waals surface area contributed by atoms with E-state index in [1.165, 1.54) is 23.3 Å².